The van der Waals surface area contributed by atoms with Gasteiger partial charge < -0.3 is 4.74 Å². The summed E-state index contributed by atoms with van der Waals surface area (Å²) in [6.45, 7) is 0. The monoisotopic (exact) mass is 203 g/mol. The van der Waals surface area contributed by atoms with Crippen LogP contribution in [0.3, 0.4) is 0 Å². The second kappa shape index (κ2) is 3.97. The molecule has 76 valence electrons. The lowest BCUT2D eigenvalue weighted by Gasteiger charge is -2.14. The van der Waals surface area contributed by atoms with E-state index in [0.717, 1.165) is 6.20 Å². The first-order valence-electron chi connectivity index (χ1n) is 3.54. The Labute approximate surface area is 77.8 Å². The minimum absolute atomic E-state index is 0.221. The quantitative estimate of drug-likeness (QED) is 0.413. The van der Waals surface area contributed by atoms with Gasteiger partial charge >= 0.3 is 12.0 Å². The van der Waals surface area contributed by atoms with E-state index in [-0.39, 0.29) is 5.75 Å². The predicted octanol–water partition coefficient (Wildman–Crippen LogP) is 0.0431. The van der Waals surface area contributed by atoms with E-state index in [0.29, 0.717) is 0 Å². The van der Waals surface area contributed by atoms with Crippen molar-refractivity contribution in [3.05, 3.63) is 24.5 Å². The molecule has 1 aromatic rings. The van der Waals surface area contributed by atoms with Crippen LogP contribution in [0, 0.1) is 0 Å². The number of hydrazine groups is 1. The number of alkyl halides is 2. The van der Waals surface area contributed by atoms with Gasteiger partial charge in [-0.2, -0.15) is 8.78 Å². The molecule has 0 fully saturated rings. The van der Waals surface area contributed by atoms with Gasteiger partial charge in [0.05, 0.1) is 6.20 Å². The second-order valence-corrected chi connectivity index (χ2v) is 2.28. The number of carbonyl (C=O) groups is 1. The Bertz CT molecular complexity index is 318. The van der Waals surface area contributed by atoms with Gasteiger partial charge in [0.25, 0.3) is 0 Å². The highest BCUT2D eigenvalue weighted by Crippen LogP contribution is 2.19. The van der Waals surface area contributed by atoms with Crippen LogP contribution in [0.15, 0.2) is 24.5 Å². The van der Waals surface area contributed by atoms with Crippen molar-refractivity contribution in [2.24, 2.45) is 5.84 Å². The Morgan fingerprint density at radius 1 is 1.64 bits per heavy atom. The number of aromatic nitrogens is 1. The third kappa shape index (κ3) is 2.36. The summed E-state index contributed by atoms with van der Waals surface area (Å²) in [6, 6.07) is 2.64. The fraction of sp³-hybridized carbons (Fsp3) is 0.143. The van der Waals surface area contributed by atoms with Gasteiger partial charge in [-0.15, -0.1) is 0 Å². The fourth-order valence-corrected chi connectivity index (χ4v) is 0.686. The van der Waals surface area contributed by atoms with E-state index in [2.05, 4.69) is 15.6 Å². The number of nitrogens with two attached hydrogens (primary N) is 1. The van der Waals surface area contributed by atoms with Crippen molar-refractivity contribution in [1.29, 1.82) is 0 Å². The highest BCUT2D eigenvalue weighted by atomic mass is 19.3. The van der Waals surface area contributed by atoms with Crippen LogP contribution < -0.4 is 16.0 Å². The number of ether oxygens (including phenoxy) is 1. The highest BCUT2D eigenvalue weighted by Gasteiger charge is 2.41. The Balaban J connectivity index is 2.73. The molecular weight excluding hydrogens is 196 g/mol. The van der Waals surface area contributed by atoms with E-state index >= 15 is 0 Å². The third-order valence-corrected chi connectivity index (χ3v) is 1.28. The maximum absolute atomic E-state index is 12.8. The topological polar surface area (TPSA) is 77.2 Å². The molecule has 1 amide bonds. The zero-order valence-corrected chi connectivity index (χ0v) is 6.91. The summed E-state index contributed by atoms with van der Waals surface area (Å²) in [7, 11) is 0. The SMILES string of the molecule is NNC(=O)C(F)(F)Oc1cccnc1. The van der Waals surface area contributed by atoms with Crippen molar-refractivity contribution < 1.29 is 18.3 Å². The van der Waals surface area contributed by atoms with Crippen LogP contribution in [0.25, 0.3) is 0 Å². The lowest BCUT2D eigenvalue weighted by molar-refractivity contribution is -0.193. The van der Waals surface area contributed by atoms with E-state index in [4.69, 9.17) is 0 Å². The Morgan fingerprint density at radius 3 is 2.86 bits per heavy atom. The molecule has 1 aromatic heterocycles. The standard InChI is InChI=1S/C7H7F2N3O2/c8-7(9,6(13)12-10)14-5-2-1-3-11-4-5/h1-4H,10H2,(H,12,13). The molecule has 0 saturated carbocycles. The van der Waals surface area contributed by atoms with Crippen LogP contribution >= 0.6 is 0 Å². The van der Waals surface area contributed by atoms with Crippen molar-refractivity contribution in [1.82, 2.24) is 10.4 Å². The Hall–Kier alpha value is -1.76. The van der Waals surface area contributed by atoms with Crippen LogP contribution in [0.5, 0.6) is 5.75 Å². The van der Waals surface area contributed by atoms with Gasteiger partial charge in [0.2, 0.25) is 0 Å². The van der Waals surface area contributed by atoms with Crippen LogP contribution in [0.1, 0.15) is 0 Å². The summed E-state index contributed by atoms with van der Waals surface area (Å²) in [5, 5.41) is 0. The number of nitrogens with one attached hydrogen (secondary N) is 1. The van der Waals surface area contributed by atoms with E-state index in [1.165, 1.54) is 23.8 Å². The number of carbonyl (C=O) groups excluding carboxylic acids is 1. The number of halogens is 2. The first kappa shape index (κ1) is 10.3. The molecule has 0 aromatic carbocycles. The van der Waals surface area contributed by atoms with Crippen molar-refractivity contribution in [2.45, 2.75) is 6.11 Å². The minimum atomic E-state index is -4.00. The van der Waals surface area contributed by atoms with Crippen molar-refractivity contribution in [2.75, 3.05) is 0 Å². The first-order valence-corrected chi connectivity index (χ1v) is 3.54. The molecule has 0 atom stereocenters. The Morgan fingerprint density at radius 2 is 2.36 bits per heavy atom. The number of hydrogen-bond donors (Lipinski definition) is 2. The number of amides is 1. The van der Waals surface area contributed by atoms with Crippen molar-refractivity contribution in [3.8, 4) is 5.75 Å². The number of rotatable bonds is 3. The molecule has 0 aliphatic carbocycles. The van der Waals surface area contributed by atoms with E-state index in [1.54, 1.807) is 0 Å². The van der Waals surface area contributed by atoms with Crippen LogP contribution in [-0.4, -0.2) is 17.0 Å². The molecule has 0 unspecified atom stereocenters. The molecular formula is C7H7F2N3O2. The largest absolute Gasteiger partial charge is 0.483 e. The van der Waals surface area contributed by atoms with Gasteiger partial charge in [-0.1, -0.05) is 0 Å². The molecule has 0 saturated heterocycles. The Kier molecular flexibility index (Phi) is 2.92. The van der Waals surface area contributed by atoms with Crippen molar-refractivity contribution >= 4 is 5.91 Å². The zero-order chi connectivity index (χ0) is 10.6. The summed E-state index contributed by atoms with van der Waals surface area (Å²) in [5.41, 5.74) is 1.29. The number of pyridine rings is 1. The highest BCUT2D eigenvalue weighted by molar-refractivity contribution is 5.81. The van der Waals surface area contributed by atoms with Crippen LogP contribution in [-0.2, 0) is 4.79 Å². The summed E-state index contributed by atoms with van der Waals surface area (Å²) < 4.78 is 29.6. The molecule has 0 radical (unpaired) electrons. The zero-order valence-electron chi connectivity index (χ0n) is 6.91. The molecule has 0 aliphatic heterocycles. The smallest absolute Gasteiger partial charge is 0.424 e. The van der Waals surface area contributed by atoms with Gasteiger partial charge in [0.15, 0.2) is 0 Å². The third-order valence-electron chi connectivity index (χ3n) is 1.28. The maximum Gasteiger partial charge on any atom is 0.483 e. The lowest BCUT2D eigenvalue weighted by atomic mass is 10.4. The predicted molar refractivity (Wildman–Crippen MR) is 42.1 cm³/mol. The van der Waals surface area contributed by atoms with Gasteiger partial charge in [-0.05, 0) is 12.1 Å². The average Bonchev–Trinajstić information content (AvgIpc) is 2.17. The fourth-order valence-electron chi connectivity index (χ4n) is 0.686. The summed E-state index contributed by atoms with van der Waals surface area (Å²) in [4.78, 5) is 14.0. The summed E-state index contributed by atoms with van der Waals surface area (Å²) >= 11 is 0. The van der Waals surface area contributed by atoms with Crippen LogP contribution in [0.4, 0.5) is 8.78 Å². The molecule has 0 aliphatic rings. The van der Waals surface area contributed by atoms with Gasteiger partial charge in [-0.25, -0.2) is 5.84 Å². The average molecular weight is 203 g/mol. The molecule has 1 rings (SSSR count). The molecule has 0 spiro atoms. The van der Waals surface area contributed by atoms with E-state index < -0.39 is 12.0 Å². The van der Waals surface area contributed by atoms with Gasteiger partial charge in [0.1, 0.15) is 5.75 Å². The minimum Gasteiger partial charge on any atom is -0.424 e. The molecule has 14 heavy (non-hydrogen) atoms. The van der Waals surface area contributed by atoms with Crippen LogP contribution in [0.2, 0.25) is 0 Å². The summed E-state index contributed by atoms with van der Waals surface area (Å²) in [5.74, 6) is 2.59. The normalized spacial score (nSPS) is 10.8. The lowest BCUT2D eigenvalue weighted by Crippen LogP contribution is -2.47. The van der Waals surface area contributed by atoms with E-state index in [1.807, 2.05) is 0 Å². The van der Waals surface area contributed by atoms with Crippen molar-refractivity contribution in [3.63, 3.8) is 0 Å². The number of hydrogen-bond acceptors (Lipinski definition) is 4. The van der Waals surface area contributed by atoms with Gasteiger partial charge in [-0.3, -0.25) is 15.2 Å². The second-order valence-electron chi connectivity index (χ2n) is 2.28. The number of nitrogens with zero attached hydrogens (tertiary/aromatic N) is 1. The summed E-state index contributed by atoms with van der Waals surface area (Å²) in [6.07, 6.45) is -1.57. The first-order chi connectivity index (χ1) is 6.56. The molecule has 1 heterocycles. The maximum atomic E-state index is 12.8. The van der Waals surface area contributed by atoms with E-state index in [9.17, 15) is 13.6 Å². The van der Waals surface area contributed by atoms with Gasteiger partial charge in [0, 0.05) is 6.20 Å². The molecule has 7 heteroatoms. The molecule has 3 N–H and O–H groups in total. The molecule has 5 nitrogen and oxygen atoms in total. The molecule has 0 bridgehead atoms.